The number of esters is 1. The minimum absolute atomic E-state index is 0.0674. The van der Waals surface area contributed by atoms with Crippen LogP contribution in [0, 0.1) is 5.82 Å². The van der Waals surface area contributed by atoms with Crippen LogP contribution in [0.1, 0.15) is 46.7 Å². The zero-order valence-corrected chi connectivity index (χ0v) is 12.8. The number of piperazine rings is 1. The van der Waals surface area contributed by atoms with Crippen LogP contribution in [-0.4, -0.2) is 43.2 Å². The fourth-order valence-electron chi connectivity index (χ4n) is 3.87. The number of carbonyl (C=O) groups excluding carboxylic acids is 1. The number of benzene rings is 1. The number of methoxy groups -OCH3 is 1. The van der Waals surface area contributed by atoms with Crippen LogP contribution in [0.25, 0.3) is 0 Å². The topological polar surface area (TPSA) is 41.6 Å². The average Bonchev–Trinajstić information content (AvgIpc) is 3.15. The molecule has 0 radical (unpaired) electrons. The van der Waals surface area contributed by atoms with E-state index in [0.29, 0.717) is 18.0 Å². The Morgan fingerprint density at radius 2 is 2.27 bits per heavy atom. The Morgan fingerprint density at radius 1 is 1.45 bits per heavy atom. The van der Waals surface area contributed by atoms with Gasteiger partial charge in [0.25, 0.3) is 0 Å². The third-order valence-corrected chi connectivity index (χ3v) is 5.19. The van der Waals surface area contributed by atoms with E-state index in [1.54, 1.807) is 12.1 Å². The maximum absolute atomic E-state index is 14.3. The molecular weight excluding hydrogens is 283 g/mol. The van der Waals surface area contributed by atoms with E-state index in [1.807, 2.05) is 0 Å². The first kappa shape index (κ1) is 14.2. The van der Waals surface area contributed by atoms with E-state index in [1.165, 1.54) is 13.5 Å². The zero-order chi connectivity index (χ0) is 15.3. The van der Waals surface area contributed by atoms with Gasteiger partial charge in [0.2, 0.25) is 0 Å². The maximum Gasteiger partial charge on any atom is 0.340 e. The summed E-state index contributed by atoms with van der Waals surface area (Å²) in [7, 11) is 1.29. The van der Waals surface area contributed by atoms with Crippen molar-refractivity contribution < 1.29 is 13.9 Å². The van der Waals surface area contributed by atoms with Gasteiger partial charge in [-0.3, -0.25) is 4.90 Å². The molecule has 3 aliphatic rings. The number of halogens is 1. The lowest BCUT2D eigenvalue weighted by atomic mass is 9.98. The molecule has 118 valence electrons. The van der Waals surface area contributed by atoms with E-state index in [9.17, 15) is 9.18 Å². The van der Waals surface area contributed by atoms with Crippen LogP contribution >= 0.6 is 0 Å². The summed E-state index contributed by atoms with van der Waals surface area (Å²) in [6.07, 6.45) is 3.46. The fourth-order valence-corrected chi connectivity index (χ4v) is 3.87. The molecule has 1 aromatic rings. The molecule has 1 unspecified atom stereocenters. The van der Waals surface area contributed by atoms with Crippen LogP contribution in [0.4, 0.5) is 4.39 Å². The molecule has 0 spiro atoms. The van der Waals surface area contributed by atoms with E-state index >= 15 is 0 Å². The fraction of sp³-hybridized carbons (Fsp3) is 0.588. The first-order chi connectivity index (χ1) is 10.7. The molecule has 0 aromatic heterocycles. The molecular formula is C17H21FN2O2. The number of likely N-dealkylation sites (tertiary alicyclic amines) is 1. The Labute approximate surface area is 129 Å². The Bertz CT molecular complexity index is 615. The van der Waals surface area contributed by atoms with Crippen LogP contribution in [0.2, 0.25) is 0 Å². The molecule has 2 saturated heterocycles. The number of fused-ring (bicyclic) bond motifs is 2. The van der Waals surface area contributed by atoms with Gasteiger partial charge < -0.3 is 10.1 Å². The van der Waals surface area contributed by atoms with Crippen molar-refractivity contribution in [1.82, 2.24) is 10.2 Å². The van der Waals surface area contributed by atoms with E-state index in [0.717, 1.165) is 43.6 Å². The molecule has 1 aromatic carbocycles. The number of nitrogens with one attached hydrogen (secondary N) is 1. The van der Waals surface area contributed by atoms with Crippen molar-refractivity contribution in [2.24, 2.45) is 0 Å². The summed E-state index contributed by atoms with van der Waals surface area (Å²) in [6.45, 7) is 2.86. The highest BCUT2D eigenvalue weighted by atomic mass is 19.1. The van der Waals surface area contributed by atoms with Crippen LogP contribution < -0.4 is 5.32 Å². The summed E-state index contributed by atoms with van der Waals surface area (Å²) in [6, 6.07) is 4.44. The quantitative estimate of drug-likeness (QED) is 0.864. The SMILES string of the molecule is COC(=O)c1cc(C2CC2)c(CN2CC3C[C@H]2CN3)cc1F. The number of hydrogen-bond donors (Lipinski definition) is 1. The second kappa shape index (κ2) is 5.32. The minimum Gasteiger partial charge on any atom is -0.465 e. The molecule has 5 heteroatoms. The van der Waals surface area contributed by atoms with Crippen molar-refractivity contribution in [3.8, 4) is 0 Å². The smallest absolute Gasteiger partial charge is 0.340 e. The van der Waals surface area contributed by atoms with Crippen LogP contribution in [-0.2, 0) is 11.3 Å². The van der Waals surface area contributed by atoms with Gasteiger partial charge >= 0.3 is 5.97 Å². The molecule has 4 nitrogen and oxygen atoms in total. The molecule has 0 amide bonds. The number of carbonyl (C=O) groups is 1. The van der Waals surface area contributed by atoms with Crippen molar-refractivity contribution >= 4 is 5.97 Å². The third kappa shape index (κ3) is 2.42. The van der Waals surface area contributed by atoms with Crippen molar-refractivity contribution in [2.45, 2.75) is 43.8 Å². The van der Waals surface area contributed by atoms with Gasteiger partial charge in [0.1, 0.15) is 5.82 Å². The van der Waals surface area contributed by atoms with Gasteiger partial charge in [0.05, 0.1) is 12.7 Å². The highest BCUT2D eigenvalue weighted by Crippen LogP contribution is 2.43. The molecule has 2 bridgehead atoms. The average molecular weight is 304 g/mol. The largest absolute Gasteiger partial charge is 0.465 e. The second-order valence-corrected chi connectivity index (χ2v) is 6.72. The standard InChI is InChI=1S/C17H21FN2O2/c1-22-17(21)15-6-14(10-2-3-10)11(4-16(15)18)8-20-9-12-5-13(20)7-19-12/h4,6,10,12-13,19H,2-3,5,7-9H2,1H3/t12?,13-/m0/s1. The summed E-state index contributed by atoms with van der Waals surface area (Å²) in [5.74, 6) is -0.568. The Hall–Kier alpha value is -1.46. The summed E-state index contributed by atoms with van der Waals surface area (Å²) in [5, 5.41) is 3.49. The third-order valence-electron chi connectivity index (χ3n) is 5.19. The monoisotopic (exact) mass is 304 g/mol. The first-order valence-electron chi connectivity index (χ1n) is 8.03. The van der Waals surface area contributed by atoms with Crippen molar-refractivity contribution in [3.05, 3.63) is 34.6 Å². The van der Waals surface area contributed by atoms with Crippen molar-refractivity contribution in [2.75, 3.05) is 20.2 Å². The lowest BCUT2D eigenvalue weighted by Gasteiger charge is -2.28. The summed E-state index contributed by atoms with van der Waals surface area (Å²) in [4.78, 5) is 14.2. The second-order valence-electron chi connectivity index (χ2n) is 6.72. The van der Waals surface area contributed by atoms with Crippen LogP contribution in [0.3, 0.4) is 0 Å². The predicted octanol–water partition coefficient (Wildman–Crippen LogP) is 2.04. The lowest BCUT2D eigenvalue weighted by Crippen LogP contribution is -2.43. The van der Waals surface area contributed by atoms with E-state index < -0.39 is 11.8 Å². The molecule has 22 heavy (non-hydrogen) atoms. The highest BCUT2D eigenvalue weighted by molar-refractivity contribution is 5.90. The van der Waals surface area contributed by atoms with Gasteiger partial charge in [-0.2, -0.15) is 0 Å². The number of rotatable bonds is 4. The molecule has 3 fully saturated rings. The van der Waals surface area contributed by atoms with Crippen molar-refractivity contribution in [1.29, 1.82) is 0 Å². The molecule has 2 atom stereocenters. The summed E-state index contributed by atoms with van der Waals surface area (Å²) >= 11 is 0. The van der Waals surface area contributed by atoms with E-state index in [4.69, 9.17) is 0 Å². The van der Waals surface area contributed by atoms with E-state index in [-0.39, 0.29) is 5.56 Å². The molecule has 1 aliphatic carbocycles. The lowest BCUT2D eigenvalue weighted by molar-refractivity contribution is 0.0595. The van der Waals surface area contributed by atoms with Gasteiger partial charge in [-0.25, -0.2) is 9.18 Å². The molecule has 2 heterocycles. The molecule has 1 saturated carbocycles. The van der Waals surface area contributed by atoms with Gasteiger partial charge in [-0.1, -0.05) is 0 Å². The van der Waals surface area contributed by atoms with Gasteiger partial charge in [-0.05, 0) is 48.4 Å². The maximum atomic E-state index is 14.3. The number of ether oxygens (including phenoxy) is 1. The normalized spacial score (nSPS) is 27.4. The Balaban J connectivity index is 1.63. The summed E-state index contributed by atoms with van der Waals surface area (Å²) < 4.78 is 19.0. The van der Waals surface area contributed by atoms with E-state index in [2.05, 4.69) is 15.0 Å². The molecule has 4 rings (SSSR count). The van der Waals surface area contributed by atoms with Crippen molar-refractivity contribution in [3.63, 3.8) is 0 Å². The Morgan fingerprint density at radius 3 is 2.86 bits per heavy atom. The zero-order valence-electron chi connectivity index (χ0n) is 12.8. The number of hydrogen-bond acceptors (Lipinski definition) is 4. The molecule has 2 aliphatic heterocycles. The van der Waals surface area contributed by atoms with Gasteiger partial charge in [-0.15, -0.1) is 0 Å². The number of nitrogens with zero attached hydrogens (tertiary/aromatic N) is 1. The summed E-state index contributed by atoms with van der Waals surface area (Å²) in [5.41, 5.74) is 2.25. The highest BCUT2D eigenvalue weighted by Gasteiger charge is 2.38. The first-order valence-corrected chi connectivity index (χ1v) is 8.03. The minimum atomic E-state index is -0.588. The van der Waals surface area contributed by atoms with Crippen LogP contribution in [0.15, 0.2) is 12.1 Å². The molecule has 1 N–H and O–H groups in total. The predicted molar refractivity (Wildman–Crippen MR) is 80.3 cm³/mol. The van der Waals surface area contributed by atoms with Gasteiger partial charge in [0.15, 0.2) is 0 Å². The van der Waals surface area contributed by atoms with Crippen LogP contribution in [0.5, 0.6) is 0 Å². The Kier molecular flexibility index (Phi) is 3.42. The van der Waals surface area contributed by atoms with Gasteiger partial charge in [0, 0.05) is 31.7 Å².